The van der Waals surface area contributed by atoms with E-state index in [1.54, 1.807) is 18.2 Å². The minimum absolute atomic E-state index is 0.0973. The lowest BCUT2D eigenvalue weighted by Crippen LogP contribution is -2.11. The first-order valence-corrected chi connectivity index (χ1v) is 5.43. The third kappa shape index (κ3) is 2.32. The van der Waals surface area contributed by atoms with Crippen molar-refractivity contribution in [3.05, 3.63) is 28.8 Å². The smallest absolute Gasteiger partial charge is 0.314 e. The molecule has 1 saturated carbocycles. The van der Waals surface area contributed by atoms with Crippen LogP contribution in [0.2, 0.25) is 5.02 Å². The quantitative estimate of drug-likeness (QED) is 0.570. The molecule has 0 heterocycles. The van der Waals surface area contributed by atoms with Crippen LogP contribution >= 0.6 is 11.6 Å². The molecule has 2 unspecified atom stereocenters. The summed E-state index contributed by atoms with van der Waals surface area (Å²) < 4.78 is 5.30. The topological polar surface area (TPSA) is 26.3 Å². The lowest BCUT2D eigenvalue weighted by Gasteiger charge is -2.06. The molecule has 1 aliphatic carbocycles. The highest BCUT2D eigenvalue weighted by Crippen LogP contribution is 2.39. The van der Waals surface area contributed by atoms with E-state index in [0.717, 1.165) is 12.0 Å². The van der Waals surface area contributed by atoms with Gasteiger partial charge in [0.15, 0.2) is 0 Å². The predicted molar refractivity (Wildman–Crippen MR) is 59.1 cm³/mol. The number of benzene rings is 1. The van der Waals surface area contributed by atoms with Crippen LogP contribution in [0.25, 0.3) is 0 Å². The first kappa shape index (κ1) is 10.5. The monoisotopic (exact) mass is 224 g/mol. The number of rotatable bonds is 2. The highest BCUT2D eigenvalue weighted by molar-refractivity contribution is 6.30. The van der Waals surface area contributed by atoms with E-state index in [1.807, 2.05) is 6.92 Å². The second kappa shape index (κ2) is 3.86. The average molecular weight is 225 g/mol. The molecule has 0 N–H and O–H groups in total. The van der Waals surface area contributed by atoms with Gasteiger partial charge in [0.1, 0.15) is 5.75 Å². The number of carbonyl (C=O) groups is 1. The number of ether oxygens (including phenoxy) is 1. The predicted octanol–water partition coefficient (Wildman–Crippen LogP) is 3.21. The molecule has 2 nitrogen and oxygen atoms in total. The minimum Gasteiger partial charge on any atom is -0.426 e. The van der Waals surface area contributed by atoms with Crippen LogP contribution in [0, 0.1) is 18.8 Å². The van der Waals surface area contributed by atoms with Crippen molar-refractivity contribution in [2.75, 3.05) is 0 Å². The maximum absolute atomic E-state index is 11.6. The Hall–Kier alpha value is -1.02. The first-order chi connectivity index (χ1) is 7.08. The van der Waals surface area contributed by atoms with E-state index < -0.39 is 0 Å². The Kier molecular flexibility index (Phi) is 2.70. The molecule has 0 radical (unpaired) electrons. The third-order valence-corrected chi connectivity index (χ3v) is 2.99. The van der Waals surface area contributed by atoms with Crippen LogP contribution in [-0.4, -0.2) is 5.97 Å². The molecule has 1 aromatic carbocycles. The Bertz CT molecular complexity index is 401. The number of carbonyl (C=O) groups excluding carboxylic acids is 1. The molecule has 0 saturated heterocycles. The van der Waals surface area contributed by atoms with Crippen molar-refractivity contribution in [1.82, 2.24) is 0 Å². The molecule has 0 bridgehead atoms. The van der Waals surface area contributed by atoms with Gasteiger partial charge in [-0.3, -0.25) is 4.79 Å². The summed E-state index contributed by atoms with van der Waals surface area (Å²) in [7, 11) is 0. The van der Waals surface area contributed by atoms with Gasteiger partial charge < -0.3 is 4.74 Å². The van der Waals surface area contributed by atoms with Crippen molar-refractivity contribution in [2.45, 2.75) is 20.3 Å². The van der Waals surface area contributed by atoms with Gasteiger partial charge in [-0.15, -0.1) is 0 Å². The molecule has 15 heavy (non-hydrogen) atoms. The van der Waals surface area contributed by atoms with Gasteiger partial charge in [0.25, 0.3) is 0 Å². The zero-order valence-corrected chi connectivity index (χ0v) is 9.54. The van der Waals surface area contributed by atoms with E-state index in [4.69, 9.17) is 16.3 Å². The second-order valence-corrected chi connectivity index (χ2v) is 4.59. The Morgan fingerprint density at radius 2 is 2.20 bits per heavy atom. The van der Waals surface area contributed by atoms with Gasteiger partial charge in [0.05, 0.1) is 5.92 Å². The van der Waals surface area contributed by atoms with E-state index in [1.165, 1.54) is 0 Å². The normalized spacial score (nSPS) is 23.7. The fraction of sp³-hybridized carbons (Fsp3) is 0.417. The van der Waals surface area contributed by atoms with Gasteiger partial charge in [0, 0.05) is 5.02 Å². The fourth-order valence-electron chi connectivity index (χ4n) is 1.56. The molecule has 1 fully saturated rings. The Morgan fingerprint density at radius 3 is 2.73 bits per heavy atom. The van der Waals surface area contributed by atoms with Crippen molar-refractivity contribution in [1.29, 1.82) is 0 Å². The SMILES string of the molecule is Cc1cc(Cl)ccc1OC(=O)C1CC1C. The summed E-state index contributed by atoms with van der Waals surface area (Å²) in [6.07, 6.45) is 0.950. The van der Waals surface area contributed by atoms with Crippen molar-refractivity contribution < 1.29 is 9.53 Å². The average Bonchev–Trinajstić information content (AvgIpc) is 2.88. The van der Waals surface area contributed by atoms with Gasteiger partial charge in [-0.2, -0.15) is 0 Å². The molecular formula is C12H13ClO2. The third-order valence-electron chi connectivity index (χ3n) is 2.76. The van der Waals surface area contributed by atoms with E-state index >= 15 is 0 Å². The van der Waals surface area contributed by atoms with E-state index in [-0.39, 0.29) is 11.9 Å². The van der Waals surface area contributed by atoms with Crippen LogP contribution in [0.3, 0.4) is 0 Å². The van der Waals surface area contributed by atoms with E-state index in [9.17, 15) is 4.79 Å². The number of halogens is 1. The minimum atomic E-state index is -0.118. The molecule has 1 aliphatic rings. The molecule has 2 atom stereocenters. The molecular weight excluding hydrogens is 212 g/mol. The van der Waals surface area contributed by atoms with Gasteiger partial charge in [-0.1, -0.05) is 18.5 Å². The Labute approximate surface area is 94.2 Å². The fourth-order valence-corrected chi connectivity index (χ4v) is 1.79. The van der Waals surface area contributed by atoms with Crippen LogP contribution in [-0.2, 0) is 4.79 Å². The van der Waals surface area contributed by atoms with Crippen molar-refractivity contribution in [3.63, 3.8) is 0 Å². The highest BCUT2D eigenvalue weighted by atomic mass is 35.5. The number of hydrogen-bond donors (Lipinski definition) is 0. The van der Waals surface area contributed by atoms with Gasteiger partial charge >= 0.3 is 5.97 Å². The van der Waals surface area contributed by atoms with Crippen LogP contribution < -0.4 is 4.74 Å². The summed E-state index contributed by atoms with van der Waals surface area (Å²) in [4.78, 5) is 11.6. The standard InChI is InChI=1S/C12H13ClO2/c1-7-6-10(7)12(14)15-11-4-3-9(13)5-8(11)2/h3-5,7,10H,6H2,1-2H3. The number of aryl methyl sites for hydroxylation is 1. The van der Waals surface area contributed by atoms with E-state index in [0.29, 0.717) is 16.7 Å². The zero-order valence-electron chi connectivity index (χ0n) is 8.79. The van der Waals surface area contributed by atoms with Crippen LogP contribution in [0.1, 0.15) is 18.9 Å². The Morgan fingerprint density at radius 1 is 1.53 bits per heavy atom. The van der Waals surface area contributed by atoms with E-state index in [2.05, 4.69) is 6.92 Å². The zero-order chi connectivity index (χ0) is 11.0. The maximum Gasteiger partial charge on any atom is 0.314 e. The highest BCUT2D eigenvalue weighted by Gasteiger charge is 2.40. The maximum atomic E-state index is 11.6. The summed E-state index contributed by atoms with van der Waals surface area (Å²) in [6.45, 7) is 3.94. The molecule has 0 aliphatic heterocycles. The summed E-state index contributed by atoms with van der Waals surface area (Å²) in [5.74, 6) is 1.07. The van der Waals surface area contributed by atoms with Gasteiger partial charge in [-0.05, 0) is 43.0 Å². The molecule has 3 heteroatoms. The lowest BCUT2D eigenvalue weighted by molar-refractivity contribution is -0.136. The number of esters is 1. The molecule has 1 aromatic rings. The molecule has 0 spiro atoms. The first-order valence-electron chi connectivity index (χ1n) is 5.06. The largest absolute Gasteiger partial charge is 0.426 e. The van der Waals surface area contributed by atoms with Crippen molar-refractivity contribution >= 4 is 17.6 Å². The summed E-state index contributed by atoms with van der Waals surface area (Å²) in [5.41, 5.74) is 0.893. The molecule has 0 amide bonds. The van der Waals surface area contributed by atoms with Gasteiger partial charge in [0.2, 0.25) is 0 Å². The lowest BCUT2D eigenvalue weighted by atomic mass is 10.2. The summed E-state index contributed by atoms with van der Waals surface area (Å²) >= 11 is 5.81. The van der Waals surface area contributed by atoms with Crippen molar-refractivity contribution in [2.24, 2.45) is 11.8 Å². The Balaban J connectivity index is 2.07. The van der Waals surface area contributed by atoms with Crippen LogP contribution in [0.4, 0.5) is 0 Å². The van der Waals surface area contributed by atoms with Crippen LogP contribution in [0.5, 0.6) is 5.75 Å². The van der Waals surface area contributed by atoms with Crippen molar-refractivity contribution in [3.8, 4) is 5.75 Å². The number of hydrogen-bond acceptors (Lipinski definition) is 2. The molecule has 0 aromatic heterocycles. The second-order valence-electron chi connectivity index (χ2n) is 4.15. The van der Waals surface area contributed by atoms with Crippen LogP contribution in [0.15, 0.2) is 18.2 Å². The molecule has 2 rings (SSSR count). The summed E-state index contributed by atoms with van der Waals surface area (Å²) in [5, 5.41) is 0.659. The summed E-state index contributed by atoms with van der Waals surface area (Å²) in [6, 6.07) is 5.26. The van der Waals surface area contributed by atoms with Gasteiger partial charge in [-0.25, -0.2) is 0 Å². The molecule has 80 valence electrons.